The van der Waals surface area contributed by atoms with Crippen molar-refractivity contribution in [2.45, 2.75) is 32.7 Å². The van der Waals surface area contributed by atoms with Gasteiger partial charge in [0, 0.05) is 25.5 Å². The molecule has 0 aromatic carbocycles. The summed E-state index contributed by atoms with van der Waals surface area (Å²) in [4.78, 5) is 11.3. The van der Waals surface area contributed by atoms with E-state index in [0.29, 0.717) is 26.1 Å². The second-order valence-electron chi connectivity index (χ2n) is 3.21. The highest BCUT2D eigenvalue weighted by atomic mass is 16.5. The van der Waals surface area contributed by atoms with Crippen molar-refractivity contribution < 1.29 is 14.7 Å². The van der Waals surface area contributed by atoms with E-state index in [1.807, 2.05) is 6.92 Å². The lowest BCUT2D eigenvalue weighted by atomic mass is 10.2. The third-order valence-corrected chi connectivity index (χ3v) is 1.73. The summed E-state index contributed by atoms with van der Waals surface area (Å²) in [6.45, 7) is 4.68. The Kier molecular flexibility index (Phi) is 7.35. The molecule has 0 saturated heterocycles. The molecular formula is C9H19N3O3. The fourth-order valence-electron chi connectivity index (χ4n) is 1.06. The normalized spacial score (nSPS) is 13.6. The zero-order valence-electron chi connectivity index (χ0n) is 9.19. The third-order valence-electron chi connectivity index (χ3n) is 1.73. The summed E-state index contributed by atoms with van der Waals surface area (Å²) in [5.41, 5.74) is 5.30. The number of amides is 1. The highest BCUT2D eigenvalue weighted by Gasteiger charge is 2.08. The van der Waals surface area contributed by atoms with Crippen LogP contribution in [-0.2, 0) is 9.53 Å². The molecule has 6 heteroatoms. The molecule has 0 fully saturated rings. The van der Waals surface area contributed by atoms with Crippen LogP contribution < -0.4 is 11.1 Å². The van der Waals surface area contributed by atoms with Crippen molar-refractivity contribution in [3.8, 4) is 0 Å². The van der Waals surface area contributed by atoms with Crippen molar-refractivity contribution in [2.75, 3.05) is 13.2 Å². The summed E-state index contributed by atoms with van der Waals surface area (Å²) in [5, 5.41) is 13.9. The van der Waals surface area contributed by atoms with E-state index in [2.05, 4.69) is 10.5 Å². The number of oxime groups is 1. The molecule has 4 N–H and O–H groups in total. The SMILES string of the molecule is CCOCCC(=O)NC(C)CC(N)=NO. The topological polar surface area (TPSA) is 96.9 Å². The number of amidine groups is 1. The molecule has 6 nitrogen and oxygen atoms in total. The van der Waals surface area contributed by atoms with Crippen molar-refractivity contribution in [2.24, 2.45) is 10.9 Å². The van der Waals surface area contributed by atoms with Crippen LogP contribution in [0.1, 0.15) is 26.7 Å². The lowest BCUT2D eigenvalue weighted by Gasteiger charge is -2.12. The van der Waals surface area contributed by atoms with E-state index < -0.39 is 0 Å². The van der Waals surface area contributed by atoms with Gasteiger partial charge in [0.1, 0.15) is 5.84 Å². The Morgan fingerprint density at radius 1 is 1.67 bits per heavy atom. The van der Waals surface area contributed by atoms with E-state index in [1.165, 1.54) is 0 Å². The number of nitrogens with zero attached hydrogens (tertiary/aromatic N) is 1. The van der Waals surface area contributed by atoms with Crippen LogP contribution in [0, 0.1) is 0 Å². The van der Waals surface area contributed by atoms with Gasteiger partial charge in [0.2, 0.25) is 5.91 Å². The van der Waals surface area contributed by atoms with Gasteiger partial charge >= 0.3 is 0 Å². The zero-order chi connectivity index (χ0) is 11.7. The maximum atomic E-state index is 11.3. The number of hydrogen-bond acceptors (Lipinski definition) is 4. The van der Waals surface area contributed by atoms with Crippen molar-refractivity contribution in [3.63, 3.8) is 0 Å². The Hall–Kier alpha value is -1.30. The van der Waals surface area contributed by atoms with Crippen LogP contribution >= 0.6 is 0 Å². The Balaban J connectivity index is 3.67. The van der Waals surface area contributed by atoms with E-state index in [9.17, 15) is 4.79 Å². The average Bonchev–Trinajstić information content (AvgIpc) is 2.17. The van der Waals surface area contributed by atoms with Gasteiger partial charge in [-0.25, -0.2) is 0 Å². The minimum Gasteiger partial charge on any atom is -0.409 e. The molecule has 0 saturated carbocycles. The molecule has 1 amide bonds. The summed E-state index contributed by atoms with van der Waals surface area (Å²) in [5.74, 6) is 0.00861. The summed E-state index contributed by atoms with van der Waals surface area (Å²) < 4.78 is 5.04. The fraction of sp³-hybridized carbons (Fsp3) is 0.778. The van der Waals surface area contributed by atoms with Gasteiger partial charge in [-0.2, -0.15) is 0 Å². The summed E-state index contributed by atoms with van der Waals surface area (Å²) in [6.07, 6.45) is 0.658. The molecule has 0 heterocycles. The maximum absolute atomic E-state index is 11.3. The molecule has 0 aromatic rings. The van der Waals surface area contributed by atoms with Crippen LogP contribution in [0.15, 0.2) is 5.16 Å². The quantitative estimate of drug-likeness (QED) is 0.184. The Morgan fingerprint density at radius 2 is 2.33 bits per heavy atom. The number of nitrogens with one attached hydrogen (secondary N) is 1. The molecule has 0 spiro atoms. The molecular weight excluding hydrogens is 198 g/mol. The fourth-order valence-corrected chi connectivity index (χ4v) is 1.06. The van der Waals surface area contributed by atoms with Crippen LogP contribution in [0.5, 0.6) is 0 Å². The van der Waals surface area contributed by atoms with E-state index in [1.54, 1.807) is 6.92 Å². The average molecular weight is 217 g/mol. The molecule has 0 rings (SSSR count). The van der Waals surface area contributed by atoms with Crippen LogP contribution in [-0.4, -0.2) is 36.2 Å². The summed E-state index contributed by atoms with van der Waals surface area (Å²) in [7, 11) is 0. The van der Waals surface area contributed by atoms with Gasteiger partial charge in [0.15, 0.2) is 0 Å². The van der Waals surface area contributed by atoms with Gasteiger partial charge in [-0.15, -0.1) is 0 Å². The second-order valence-corrected chi connectivity index (χ2v) is 3.21. The number of ether oxygens (including phenoxy) is 1. The first-order valence-electron chi connectivity index (χ1n) is 4.93. The van der Waals surface area contributed by atoms with Gasteiger partial charge in [-0.1, -0.05) is 5.16 Å². The third kappa shape index (κ3) is 7.75. The van der Waals surface area contributed by atoms with E-state index in [4.69, 9.17) is 15.7 Å². The van der Waals surface area contributed by atoms with Crippen molar-refractivity contribution in [1.29, 1.82) is 0 Å². The lowest BCUT2D eigenvalue weighted by molar-refractivity contribution is -0.122. The number of carbonyl (C=O) groups is 1. The number of nitrogens with two attached hydrogens (primary N) is 1. The van der Waals surface area contributed by atoms with Gasteiger partial charge in [0.25, 0.3) is 0 Å². The number of carbonyl (C=O) groups excluding carboxylic acids is 1. The first kappa shape index (κ1) is 13.7. The molecule has 1 atom stereocenters. The van der Waals surface area contributed by atoms with E-state index in [-0.39, 0.29) is 17.8 Å². The minimum absolute atomic E-state index is 0.0957. The molecule has 0 radical (unpaired) electrons. The van der Waals surface area contributed by atoms with Crippen LogP contribution in [0.25, 0.3) is 0 Å². The molecule has 88 valence electrons. The lowest BCUT2D eigenvalue weighted by Crippen LogP contribution is -2.36. The Morgan fingerprint density at radius 3 is 2.87 bits per heavy atom. The monoisotopic (exact) mass is 217 g/mol. The molecule has 0 bridgehead atoms. The van der Waals surface area contributed by atoms with Crippen LogP contribution in [0.2, 0.25) is 0 Å². The predicted molar refractivity (Wildman–Crippen MR) is 56.7 cm³/mol. The molecule has 0 aliphatic rings. The highest BCUT2D eigenvalue weighted by Crippen LogP contribution is 1.92. The maximum Gasteiger partial charge on any atom is 0.222 e. The van der Waals surface area contributed by atoms with Crippen LogP contribution in [0.3, 0.4) is 0 Å². The standard InChI is InChI=1S/C9H19N3O3/c1-3-15-5-4-9(13)11-7(2)6-8(10)12-14/h7,14H,3-6H2,1-2H3,(H2,10,12)(H,11,13). The van der Waals surface area contributed by atoms with Crippen molar-refractivity contribution in [1.82, 2.24) is 5.32 Å². The molecule has 0 aromatic heterocycles. The number of hydrogen-bond donors (Lipinski definition) is 3. The molecule has 1 unspecified atom stereocenters. The summed E-state index contributed by atoms with van der Waals surface area (Å²) in [6, 6.07) is -0.143. The first-order chi connectivity index (χ1) is 7.10. The smallest absolute Gasteiger partial charge is 0.222 e. The first-order valence-corrected chi connectivity index (χ1v) is 4.93. The van der Waals surface area contributed by atoms with Crippen LogP contribution in [0.4, 0.5) is 0 Å². The largest absolute Gasteiger partial charge is 0.409 e. The zero-order valence-corrected chi connectivity index (χ0v) is 9.19. The predicted octanol–water partition coefficient (Wildman–Crippen LogP) is 0.0542. The van der Waals surface area contributed by atoms with Crippen molar-refractivity contribution in [3.05, 3.63) is 0 Å². The Bertz CT molecular complexity index is 219. The van der Waals surface area contributed by atoms with E-state index in [0.717, 1.165) is 0 Å². The minimum atomic E-state index is -0.143. The Labute approximate surface area is 89.5 Å². The molecule has 0 aliphatic heterocycles. The summed E-state index contributed by atoms with van der Waals surface area (Å²) >= 11 is 0. The highest BCUT2D eigenvalue weighted by molar-refractivity contribution is 5.81. The molecule has 15 heavy (non-hydrogen) atoms. The molecule has 0 aliphatic carbocycles. The van der Waals surface area contributed by atoms with Gasteiger partial charge in [-0.05, 0) is 13.8 Å². The van der Waals surface area contributed by atoms with E-state index >= 15 is 0 Å². The number of rotatable bonds is 7. The van der Waals surface area contributed by atoms with Gasteiger partial charge in [-0.3, -0.25) is 4.79 Å². The van der Waals surface area contributed by atoms with Gasteiger partial charge in [0.05, 0.1) is 6.61 Å². The van der Waals surface area contributed by atoms with Gasteiger partial charge < -0.3 is 21.0 Å². The van der Waals surface area contributed by atoms with Crippen molar-refractivity contribution >= 4 is 11.7 Å². The second kappa shape index (κ2) is 8.05.